The Labute approximate surface area is 328 Å². The summed E-state index contributed by atoms with van der Waals surface area (Å²) in [7, 11) is 0. The smallest absolute Gasteiger partial charge is 0.160 e. The number of benzene rings is 8. The molecule has 0 spiro atoms. The van der Waals surface area contributed by atoms with Crippen molar-refractivity contribution in [3.8, 4) is 45.0 Å². The van der Waals surface area contributed by atoms with Gasteiger partial charge in [0, 0.05) is 50.0 Å². The van der Waals surface area contributed by atoms with Gasteiger partial charge in [0.2, 0.25) is 0 Å². The van der Waals surface area contributed by atoms with Gasteiger partial charge in [-0.3, -0.25) is 0 Å². The van der Waals surface area contributed by atoms with Crippen molar-refractivity contribution in [1.82, 2.24) is 9.97 Å². The number of hydrogen-bond acceptors (Lipinski definition) is 5. The summed E-state index contributed by atoms with van der Waals surface area (Å²) in [5, 5.41) is 4.30. The first-order valence-electron chi connectivity index (χ1n) is 19.1. The molecule has 11 rings (SSSR count). The van der Waals surface area contributed by atoms with Gasteiger partial charge in [0.15, 0.2) is 11.4 Å². The van der Waals surface area contributed by atoms with Gasteiger partial charge in [0.1, 0.15) is 16.7 Å². The van der Waals surface area contributed by atoms with Gasteiger partial charge in [0.25, 0.3) is 0 Å². The zero-order valence-corrected chi connectivity index (χ0v) is 30.7. The van der Waals surface area contributed by atoms with Gasteiger partial charge in [-0.25, -0.2) is 9.97 Å². The Morgan fingerprint density at radius 2 is 0.930 bits per heavy atom. The number of furan rings is 2. The molecule has 0 radical (unpaired) electrons. The molecule has 0 aliphatic heterocycles. The average molecular weight is 732 g/mol. The van der Waals surface area contributed by atoms with E-state index in [2.05, 4.69) is 132 Å². The highest BCUT2D eigenvalue weighted by molar-refractivity contribution is 6.17. The minimum Gasteiger partial charge on any atom is -0.456 e. The van der Waals surface area contributed by atoms with Crippen molar-refractivity contribution >= 4 is 60.9 Å². The first-order chi connectivity index (χ1) is 28.2. The zero-order valence-electron chi connectivity index (χ0n) is 30.7. The molecule has 0 aliphatic carbocycles. The van der Waals surface area contributed by atoms with Crippen LogP contribution in [0.5, 0.6) is 0 Å². The summed E-state index contributed by atoms with van der Waals surface area (Å²) in [6, 6.07) is 68.9. The molecule has 5 heteroatoms. The molecule has 57 heavy (non-hydrogen) atoms. The molecule has 3 aromatic heterocycles. The Morgan fingerprint density at radius 3 is 1.61 bits per heavy atom. The molecular formula is C52H33N3O2. The maximum absolute atomic E-state index is 6.82. The van der Waals surface area contributed by atoms with E-state index in [0.717, 1.165) is 100 Å². The number of nitrogens with zero attached hydrogens (tertiary/aromatic N) is 3. The van der Waals surface area contributed by atoms with Crippen molar-refractivity contribution in [3.05, 3.63) is 200 Å². The van der Waals surface area contributed by atoms with Gasteiger partial charge in [0.05, 0.1) is 22.8 Å². The zero-order chi connectivity index (χ0) is 37.7. The number of hydrogen-bond donors (Lipinski definition) is 0. The van der Waals surface area contributed by atoms with Gasteiger partial charge in [-0.15, -0.1) is 0 Å². The highest BCUT2D eigenvalue weighted by atomic mass is 16.3. The molecule has 0 fully saturated rings. The third-order valence-corrected chi connectivity index (χ3v) is 10.7. The second-order valence-electron chi connectivity index (χ2n) is 14.2. The van der Waals surface area contributed by atoms with Crippen LogP contribution in [0.4, 0.5) is 17.1 Å². The summed E-state index contributed by atoms with van der Waals surface area (Å²) in [6.45, 7) is 0. The lowest BCUT2D eigenvalue weighted by Crippen LogP contribution is -2.10. The normalized spacial score (nSPS) is 11.5. The average Bonchev–Trinajstić information content (AvgIpc) is 3.86. The van der Waals surface area contributed by atoms with Crippen LogP contribution in [0.25, 0.3) is 88.9 Å². The summed E-state index contributed by atoms with van der Waals surface area (Å²) in [6.07, 6.45) is 0. The van der Waals surface area contributed by atoms with Crippen LogP contribution in [-0.4, -0.2) is 9.97 Å². The predicted molar refractivity (Wildman–Crippen MR) is 233 cm³/mol. The fourth-order valence-corrected chi connectivity index (χ4v) is 7.98. The number of rotatable bonds is 7. The summed E-state index contributed by atoms with van der Waals surface area (Å²) in [4.78, 5) is 12.4. The molecule has 268 valence electrons. The number of anilines is 3. The molecule has 5 nitrogen and oxygen atoms in total. The third-order valence-electron chi connectivity index (χ3n) is 10.7. The first kappa shape index (κ1) is 32.7. The molecule has 0 aliphatic rings. The maximum atomic E-state index is 6.82. The second-order valence-corrected chi connectivity index (χ2v) is 14.2. The van der Waals surface area contributed by atoms with Crippen LogP contribution in [0.15, 0.2) is 209 Å². The van der Waals surface area contributed by atoms with E-state index in [1.807, 2.05) is 72.8 Å². The Balaban J connectivity index is 1.05. The van der Waals surface area contributed by atoms with Crippen molar-refractivity contribution in [2.75, 3.05) is 4.90 Å². The fraction of sp³-hybridized carbons (Fsp3) is 0. The molecular weight excluding hydrogens is 699 g/mol. The van der Waals surface area contributed by atoms with Gasteiger partial charge >= 0.3 is 0 Å². The summed E-state index contributed by atoms with van der Waals surface area (Å²) < 4.78 is 13.2. The van der Waals surface area contributed by atoms with Crippen LogP contribution in [0.1, 0.15) is 0 Å². The lowest BCUT2D eigenvalue weighted by atomic mass is 9.97. The summed E-state index contributed by atoms with van der Waals surface area (Å²) in [5.74, 6) is 0.677. The lowest BCUT2D eigenvalue weighted by molar-refractivity contribution is 0.667. The molecule has 0 saturated heterocycles. The third kappa shape index (κ3) is 5.72. The number of fused-ring (bicyclic) bond motifs is 6. The maximum Gasteiger partial charge on any atom is 0.160 e. The van der Waals surface area contributed by atoms with E-state index in [0.29, 0.717) is 5.82 Å². The van der Waals surface area contributed by atoms with E-state index in [4.69, 9.17) is 18.8 Å². The van der Waals surface area contributed by atoms with Crippen LogP contribution < -0.4 is 4.90 Å². The highest BCUT2D eigenvalue weighted by Crippen LogP contribution is 2.46. The molecule has 3 heterocycles. The Bertz CT molecular complexity index is 3170. The second kappa shape index (κ2) is 13.5. The molecule has 11 aromatic rings. The van der Waals surface area contributed by atoms with E-state index >= 15 is 0 Å². The predicted octanol–water partition coefficient (Wildman–Crippen LogP) is 14.4. The van der Waals surface area contributed by atoms with E-state index in [-0.39, 0.29) is 0 Å². The number of para-hydroxylation sites is 3. The first-order valence-corrected chi connectivity index (χ1v) is 19.1. The molecule has 0 atom stereocenters. The van der Waals surface area contributed by atoms with Crippen LogP contribution >= 0.6 is 0 Å². The molecule has 0 saturated carbocycles. The SMILES string of the molecule is c1ccc(-c2cc(-c3ccccc3)nc(-c3ccc(-c4ccc(N(c5ccccc5)c5ccc6c(c5)oc5ccccc56)c5oc6ccccc6c45)cc3)n2)cc1. The van der Waals surface area contributed by atoms with Gasteiger partial charge < -0.3 is 13.7 Å². The van der Waals surface area contributed by atoms with Crippen LogP contribution in [0.2, 0.25) is 0 Å². The van der Waals surface area contributed by atoms with Crippen molar-refractivity contribution in [1.29, 1.82) is 0 Å². The molecule has 8 aromatic carbocycles. The Morgan fingerprint density at radius 1 is 0.368 bits per heavy atom. The van der Waals surface area contributed by atoms with Crippen molar-refractivity contribution < 1.29 is 8.83 Å². The summed E-state index contributed by atoms with van der Waals surface area (Å²) >= 11 is 0. The Hall–Kier alpha value is -7.76. The van der Waals surface area contributed by atoms with Crippen molar-refractivity contribution in [3.63, 3.8) is 0 Å². The standard InChI is InChI=1S/C52H33N3O2/c1-4-14-35(15-5-1)44-33-45(36-16-6-2-7-17-36)54-52(53-44)37-26-24-34(25-27-37)40-30-31-46(51-50(40)43-21-11-13-23-48(43)57-51)55(38-18-8-3-9-19-38)39-28-29-42-41-20-10-12-22-47(41)56-49(42)32-39/h1-33H. The summed E-state index contributed by atoms with van der Waals surface area (Å²) in [5.41, 5.74) is 13.2. The molecule has 0 unspecified atom stereocenters. The van der Waals surface area contributed by atoms with Crippen LogP contribution in [0.3, 0.4) is 0 Å². The topological polar surface area (TPSA) is 55.3 Å². The number of aromatic nitrogens is 2. The van der Waals surface area contributed by atoms with E-state index in [9.17, 15) is 0 Å². The minimum atomic E-state index is 0.677. The lowest BCUT2D eigenvalue weighted by Gasteiger charge is -2.26. The van der Waals surface area contributed by atoms with Crippen molar-refractivity contribution in [2.24, 2.45) is 0 Å². The quantitative estimate of drug-likeness (QED) is 0.163. The molecule has 0 amide bonds. The largest absolute Gasteiger partial charge is 0.456 e. The van der Waals surface area contributed by atoms with Crippen LogP contribution in [-0.2, 0) is 0 Å². The highest BCUT2D eigenvalue weighted by Gasteiger charge is 2.23. The molecule has 0 bridgehead atoms. The Kier molecular flexibility index (Phi) is 7.74. The van der Waals surface area contributed by atoms with Gasteiger partial charge in [-0.1, -0.05) is 146 Å². The van der Waals surface area contributed by atoms with E-state index in [1.165, 1.54) is 0 Å². The van der Waals surface area contributed by atoms with Gasteiger partial charge in [-0.05, 0) is 59.7 Å². The minimum absolute atomic E-state index is 0.677. The van der Waals surface area contributed by atoms with E-state index < -0.39 is 0 Å². The fourth-order valence-electron chi connectivity index (χ4n) is 7.98. The van der Waals surface area contributed by atoms with Crippen molar-refractivity contribution in [2.45, 2.75) is 0 Å². The van der Waals surface area contributed by atoms with E-state index in [1.54, 1.807) is 0 Å². The van der Waals surface area contributed by atoms with Crippen LogP contribution in [0, 0.1) is 0 Å². The van der Waals surface area contributed by atoms with Gasteiger partial charge in [-0.2, -0.15) is 0 Å². The monoisotopic (exact) mass is 731 g/mol. The molecule has 0 N–H and O–H groups in total.